The van der Waals surface area contributed by atoms with Crippen molar-refractivity contribution in [2.75, 3.05) is 6.26 Å². The molecule has 5 heteroatoms. The van der Waals surface area contributed by atoms with E-state index >= 15 is 0 Å². The Labute approximate surface area is 132 Å². The summed E-state index contributed by atoms with van der Waals surface area (Å²) in [6.45, 7) is 6.04. The fourth-order valence-corrected chi connectivity index (χ4v) is 4.28. The van der Waals surface area contributed by atoms with Crippen LogP contribution in [0.15, 0.2) is 0 Å². The van der Waals surface area contributed by atoms with E-state index in [0.29, 0.717) is 5.92 Å². The van der Waals surface area contributed by atoms with Crippen molar-refractivity contribution in [3.05, 3.63) is 0 Å². The first kappa shape index (κ1) is 16.7. The quantitative estimate of drug-likeness (QED) is 0.867. The molecule has 0 spiro atoms. The molecular weight excluding hydrogens is 284 g/mol. The largest absolute Gasteiger partial charge is 0.343 e. The van der Waals surface area contributed by atoms with Crippen LogP contribution in [0.5, 0.6) is 0 Å². The van der Waals surface area contributed by atoms with Gasteiger partial charge >= 0.3 is 0 Å². The fourth-order valence-electron chi connectivity index (χ4n) is 3.54. The molecule has 120 valence electrons. The van der Waals surface area contributed by atoms with Crippen LogP contribution in [-0.4, -0.2) is 46.3 Å². The third-order valence-electron chi connectivity index (χ3n) is 4.74. The zero-order valence-corrected chi connectivity index (χ0v) is 14.4. The molecule has 2 rings (SSSR count). The summed E-state index contributed by atoms with van der Waals surface area (Å²) in [5.41, 5.74) is 0. The molecule has 2 unspecified atom stereocenters. The van der Waals surface area contributed by atoms with Gasteiger partial charge in [0.25, 0.3) is 0 Å². The molecule has 1 aliphatic carbocycles. The summed E-state index contributed by atoms with van der Waals surface area (Å²) in [5.74, 6) is 0.539. The molecule has 2 amide bonds. The Morgan fingerprint density at radius 2 is 1.86 bits per heavy atom. The molecule has 21 heavy (non-hydrogen) atoms. The Morgan fingerprint density at radius 3 is 2.38 bits per heavy atom. The van der Waals surface area contributed by atoms with Crippen LogP contribution in [0.3, 0.4) is 0 Å². The monoisotopic (exact) mass is 312 g/mol. The van der Waals surface area contributed by atoms with Gasteiger partial charge in [0.2, 0.25) is 11.8 Å². The SMILES string of the molecule is CSC1CCC(N2C(=O)C(CC(C)C)NC(=O)C2C)CC1. The third-order valence-corrected chi connectivity index (χ3v) is 5.88. The van der Waals surface area contributed by atoms with E-state index in [4.69, 9.17) is 0 Å². The number of carbonyl (C=O) groups is 2. The summed E-state index contributed by atoms with van der Waals surface area (Å²) < 4.78 is 0. The van der Waals surface area contributed by atoms with Crippen molar-refractivity contribution in [2.24, 2.45) is 5.92 Å². The predicted octanol–water partition coefficient (Wildman–Crippen LogP) is 2.42. The van der Waals surface area contributed by atoms with Gasteiger partial charge in [-0.05, 0) is 51.2 Å². The second-order valence-electron chi connectivity index (χ2n) is 6.78. The van der Waals surface area contributed by atoms with E-state index in [-0.39, 0.29) is 29.9 Å². The number of thioether (sulfide) groups is 1. The van der Waals surface area contributed by atoms with Crippen LogP contribution in [0.1, 0.15) is 52.9 Å². The topological polar surface area (TPSA) is 49.4 Å². The van der Waals surface area contributed by atoms with Gasteiger partial charge in [0.05, 0.1) is 0 Å². The lowest BCUT2D eigenvalue weighted by molar-refractivity contribution is -0.152. The molecule has 2 atom stereocenters. The number of piperazine rings is 1. The van der Waals surface area contributed by atoms with Gasteiger partial charge in [0.15, 0.2) is 0 Å². The van der Waals surface area contributed by atoms with Gasteiger partial charge < -0.3 is 10.2 Å². The van der Waals surface area contributed by atoms with E-state index in [0.717, 1.165) is 37.4 Å². The first-order chi connectivity index (χ1) is 9.93. The maximum Gasteiger partial charge on any atom is 0.246 e. The van der Waals surface area contributed by atoms with E-state index in [2.05, 4.69) is 25.4 Å². The number of hydrogen-bond donors (Lipinski definition) is 1. The lowest BCUT2D eigenvalue weighted by Gasteiger charge is -2.44. The molecule has 2 fully saturated rings. The molecule has 1 saturated heterocycles. The Kier molecular flexibility index (Phi) is 5.58. The van der Waals surface area contributed by atoms with Crippen molar-refractivity contribution in [3.63, 3.8) is 0 Å². The van der Waals surface area contributed by atoms with Crippen LogP contribution in [-0.2, 0) is 9.59 Å². The molecule has 1 aliphatic heterocycles. The summed E-state index contributed by atoms with van der Waals surface area (Å²) in [7, 11) is 0. The lowest BCUT2D eigenvalue weighted by Crippen LogP contribution is -2.65. The van der Waals surface area contributed by atoms with Crippen molar-refractivity contribution in [2.45, 2.75) is 76.3 Å². The Balaban J connectivity index is 2.08. The second-order valence-corrected chi connectivity index (χ2v) is 7.92. The number of hydrogen-bond acceptors (Lipinski definition) is 3. The first-order valence-electron chi connectivity index (χ1n) is 8.09. The van der Waals surface area contributed by atoms with Crippen LogP contribution >= 0.6 is 11.8 Å². The van der Waals surface area contributed by atoms with Crippen molar-refractivity contribution < 1.29 is 9.59 Å². The van der Waals surface area contributed by atoms with Gasteiger partial charge in [0.1, 0.15) is 12.1 Å². The lowest BCUT2D eigenvalue weighted by atomic mass is 9.90. The maximum atomic E-state index is 12.8. The fraction of sp³-hybridized carbons (Fsp3) is 0.875. The van der Waals surface area contributed by atoms with E-state index in [1.54, 1.807) is 0 Å². The number of nitrogens with one attached hydrogen (secondary N) is 1. The Bertz CT molecular complexity index is 392. The van der Waals surface area contributed by atoms with Gasteiger partial charge in [-0.1, -0.05) is 13.8 Å². The van der Waals surface area contributed by atoms with Crippen molar-refractivity contribution in [1.29, 1.82) is 0 Å². The number of rotatable bonds is 4. The average molecular weight is 312 g/mol. The number of nitrogens with zero attached hydrogens (tertiary/aromatic N) is 1. The van der Waals surface area contributed by atoms with Crippen LogP contribution in [0, 0.1) is 5.92 Å². The molecule has 1 saturated carbocycles. The highest BCUT2D eigenvalue weighted by Gasteiger charge is 2.42. The minimum absolute atomic E-state index is 0.00670. The molecule has 0 bridgehead atoms. The third kappa shape index (κ3) is 3.74. The molecular formula is C16H28N2O2S. The molecule has 0 aromatic rings. The first-order valence-corrected chi connectivity index (χ1v) is 9.38. The summed E-state index contributed by atoms with van der Waals surface area (Å²) in [6, 6.07) is -0.402. The maximum absolute atomic E-state index is 12.8. The molecule has 1 heterocycles. The van der Waals surface area contributed by atoms with Crippen molar-refractivity contribution >= 4 is 23.6 Å². The highest BCUT2D eigenvalue weighted by atomic mass is 32.2. The average Bonchev–Trinajstić information content (AvgIpc) is 2.45. The normalized spacial score (nSPS) is 34.2. The molecule has 1 N–H and O–H groups in total. The number of amides is 2. The summed E-state index contributed by atoms with van der Waals surface area (Å²) in [6.07, 6.45) is 7.25. The summed E-state index contributed by atoms with van der Waals surface area (Å²) in [4.78, 5) is 26.9. The van der Waals surface area contributed by atoms with Crippen LogP contribution < -0.4 is 5.32 Å². The van der Waals surface area contributed by atoms with Gasteiger partial charge in [-0.25, -0.2) is 0 Å². The van der Waals surface area contributed by atoms with Gasteiger partial charge in [-0.15, -0.1) is 0 Å². The zero-order valence-electron chi connectivity index (χ0n) is 13.6. The predicted molar refractivity (Wildman–Crippen MR) is 87.3 cm³/mol. The smallest absolute Gasteiger partial charge is 0.246 e. The van der Waals surface area contributed by atoms with Crippen molar-refractivity contribution in [3.8, 4) is 0 Å². The van der Waals surface area contributed by atoms with E-state index in [1.807, 2.05) is 23.6 Å². The highest BCUT2D eigenvalue weighted by Crippen LogP contribution is 2.32. The second kappa shape index (κ2) is 7.03. The minimum atomic E-state index is -0.327. The van der Waals surface area contributed by atoms with Gasteiger partial charge in [-0.2, -0.15) is 11.8 Å². The molecule has 2 aliphatic rings. The van der Waals surface area contributed by atoms with E-state index < -0.39 is 0 Å². The van der Waals surface area contributed by atoms with Crippen LogP contribution in [0.2, 0.25) is 0 Å². The van der Waals surface area contributed by atoms with Crippen LogP contribution in [0.4, 0.5) is 0 Å². The zero-order chi connectivity index (χ0) is 15.6. The molecule has 4 nitrogen and oxygen atoms in total. The minimum Gasteiger partial charge on any atom is -0.343 e. The summed E-state index contributed by atoms with van der Waals surface area (Å²) >= 11 is 1.92. The Morgan fingerprint density at radius 1 is 1.24 bits per heavy atom. The van der Waals surface area contributed by atoms with E-state index in [9.17, 15) is 9.59 Å². The molecule has 0 aromatic carbocycles. The van der Waals surface area contributed by atoms with Crippen molar-refractivity contribution in [1.82, 2.24) is 10.2 Å². The Hall–Kier alpha value is -0.710. The summed E-state index contributed by atoms with van der Waals surface area (Å²) in [5, 5.41) is 3.62. The van der Waals surface area contributed by atoms with Gasteiger partial charge in [-0.3, -0.25) is 9.59 Å². The van der Waals surface area contributed by atoms with Gasteiger partial charge in [0, 0.05) is 11.3 Å². The molecule has 0 radical (unpaired) electrons. The highest BCUT2D eigenvalue weighted by molar-refractivity contribution is 7.99. The van der Waals surface area contributed by atoms with E-state index in [1.165, 1.54) is 0 Å². The van der Waals surface area contributed by atoms with Crippen LogP contribution in [0.25, 0.3) is 0 Å². The molecule has 0 aromatic heterocycles. The standard InChI is InChI=1S/C16H28N2O2S/c1-10(2)9-14-16(20)18(11(3)15(19)17-14)12-5-7-13(21-4)8-6-12/h10-14H,5-9H2,1-4H3,(H,17,19). The number of carbonyl (C=O) groups excluding carboxylic acids is 2.